The molecule has 6 heteroatoms. The van der Waals surface area contributed by atoms with Gasteiger partial charge >= 0.3 is 5.97 Å². The molecule has 1 heterocycles. The number of halogens is 1. The highest BCUT2D eigenvalue weighted by atomic mass is 19.1. The second-order valence-corrected chi connectivity index (χ2v) is 3.70. The summed E-state index contributed by atoms with van der Waals surface area (Å²) in [4.78, 5) is 15.1. The number of carboxylic acids is 1. The van der Waals surface area contributed by atoms with E-state index in [9.17, 15) is 14.3 Å². The van der Waals surface area contributed by atoms with Gasteiger partial charge in [0.25, 0.3) is 0 Å². The molecule has 1 N–H and O–H groups in total. The van der Waals surface area contributed by atoms with Crippen LogP contribution in [-0.2, 0) is 10.3 Å². The Balaban J connectivity index is 2.65. The van der Waals surface area contributed by atoms with E-state index in [2.05, 4.69) is 10.1 Å². The zero-order valence-electron chi connectivity index (χ0n) is 9.04. The van der Waals surface area contributed by atoms with E-state index in [1.807, 2.05) is 0 Å². The smallest absolute Gasteiger partial charge is 0.336 e. The highest BCUT2D eigenvalue weighted by Gasteiger charge is 2.40. The summed E-state index contributed by atoms with van der Waals surface area (Å²) in [6.45, 7) is 1.38. The van der Waals surface area contributed by atoms with Crippen LogP contribution in [0.2, 0.25) is 0 Å². The van der Waals surface area contributed by atoms with E-state index < -0.39 is 17.3 Å². The number of benzene rings is 1. The van der Waals surface area contributed by atoms with E-state index >= 15 is 0 Å². The van der Waals surface area contributed by atoms with Gasteiger partial charge in [0, 0.05) is 5.56 Å². The lowest BCUT2D eigenvalue weighted by Gasteiger charge is -2.25. The van der Waals surface area contributed by atoms with Crippen LogP contribution in [0.4, 0.5) is 4.39 Å². The summed E-state index contributed by atoms with van der Waals surface area (Å²) in [6.07, 6.45) is 2.46. The highest BCUT2D eigenvalue weighted by molar-refractivity contribution is 5.80. The Morgan fingerprint density at radius 3 is 2.71 bits per heavy atom. The Morgan fingerprint density at radius 1 is 1.47 bits per heavy atom. The first-order chi connectivity index (χ1) is 8.06. The summed E-state index contributed by atoms with van der Waals surface area (Å²) in [5.74, 6) is -1.79. The monoisotopic (exact) mass is 235 g/mol. The summed E-state index contributed by atoms with van der Waals surface area (Å²) in [5.41, 5.74) is -1.57. The normalized spacial score (nSPS) is 14.2. The second kappa shape index (κ2) is 3.97. The molecule has 88 valence electrons. The molecule has 5 nitrogen and oxygen atoms in total. The Kier molecular flexibility index (Phi) is 2.63. The molecule has 1 aromatic heterocycles. The summed E-state index contributed by atoms with van der Waals surface area (Å²) in [6, 6.07) is 5.72. The van der Waals surface area contributed by atoms with Gasteiger partial charge in [-0.25, -0.2) is 18.9 Å². The molecule has 0 radical (unpaired) electrons. The second-order valence-electron chi connectivity index (χ2n) is 3.70. The zero-order chi connectivity index (χ0) is 12.5. The number of carboxylic acid groups (broad SMARTS) is 1. The molecule has 0 aliphatic rings. The average Bonchev–Trinajstić information content (AvgIpc) is 2.82. The predicted octanol–water partition coefficient (Wildman–Crippen LogP) is 1.27. The fourth-order valence-electron chi connectivity index (χ4n) is 1.63. The van der Waals surface area contributed by atoms with Gasteiger partial charge in [0.15, 0.2) is 5.54 Å². The first kappa shape index (κ1) is 11.3. The topological polar surface area (TPSA) is 68.0 Å². The van der Waals surface area contributed by atoms with Crippen molar-refractivity contribution in [2.45, 2.75) is 12.5 Å². The van der Waals surface area contributed by atoms with E-state index in [0.717, 1.165) is 4.68 Å². The minimum atomic E-state index is -1.61. The van der Waals surface area contributed by atoms with Crippen LogP contribution in [0.3, 0.4) is 0 Å². The molecule has 1 aromatic carbocycles. The molecule has 0 fully saturated rings. The van der Waals surface area contributed by atoms with Crippen molar-refractivity contribution in [3.05, 3.63) is 48.3 Å². The van der Waals surface area contributed by atoms with Crippen LogP contribution < -0.4 is 0 Å². The molecule has 1 unspecified atom stereocenters. The van der Waals surface area contributed by atoms with Gasteiger partial charge in [-0.05, 0) is 13.0 Å². The molecule has 2 aromatic rings. The zero-order valence-corrected chi connectivity index (χ0v) is 9.04. The third-order valence-electron chi connectivity index (χ3n) is 2.69. The molecule has 0 saturated heterocycles. The first-order valence-corrected chi connectivity index (χ1v) is 4.90. The third kappa shape index (κ3) is 1.67. The molecule has 1 atom stereocenters. The van der Waals surface area contributed by atoms with Crippen molar-refractivity contribution < 1.29 is 14.3 Å². The molecule has 2 rings (SSSR count). The highest BCUT2D eigenvalue weighted by Crippen LogP contribution is 2.27. The van der Waals surface area contributed by atoms with Gasteiger partial charge in [-0.1, -0.05) is 18.2 Å². The average molecular weight is 235 g/mol. The van der Waals surface area contributed by atoms with Gasteiger partial charge in [-0.3, -0.25) is 0 Å². The molecule has 0 aliphatic heterocycles. The Hall–Kier alpha value is -2.24. The minimum absolute atomic E-state index is 0.0398. The summed E-state index contributed by atoms with van der Waals surface area (Å²) >= 11 is 0. The van der Waals surface area contributed by atoms with Crippen molar-refractivity contribution in [1.29, 1.82) is 0 Å². The van der Waals surface area contributed by atoms with Gasteiger partial charge in [0.2, 0.25) is 0 Å². The number of aliphatic carboxylic acids is 1. The lowest BCUT2D eigenvalue weighted by atomic mass is 9.92. The molecule has 0 amide bonds. The number of carbonyl (C=O) groups is 1. The lowest BCUT2D eigenvalue weighted by Crippen LogP contribution is -2.41. The van der Waals surface area contributed by atoms with Crippen LogP contribution in [0.1, 0.15) is 12.5 Å². The molecular formula is C11H10FN3O2. The van der Waals surface area contributed by atoms with E-state index in [0.29, 0.717) is 0 Å². The molecular weight excluding hydrogens is 225 g/mol. The first-order valence-electron chi connectivity index (χ1n) is 4.90. The van der Waals surface area contributed by atoms with Crippen LogP contribution in [0, 0.1) is 5.82 Å². The SMILES string of the molecule is CC(C(=O)O)(c1ccccc1F)n1cncn1. The number of nitrogens with zero attached hydrogens (tertiary/aromatic N) is 3. The summed E-state index contributed by atoms with van der Waals surface area (Å²) in [5, 5.41) is 13.1. The van der Waals surface area contributed by atoms with Crippen molar-refractivity contribution >= 4 is 5.97 Å². The summed E-state index contributed by atoms with van der Waals surface area (Å²) in [7, 11) is 0. The van der Waals surface area contributed by atoms with Gasteiger partial charge < -0.3 is 5.11 Å². The van der Waals surface area contributed by atoms with Crippen molar-refractivity contribution in [3.63, 3.8) is 0 Å². The standard InChI is InChI=1S/C11H10FN3O2/c1-11(10(16)17,15-7-13-6-14-15)8-4-2-3-5-9(8)12/h2-7H,1H3,(H,16,17). The largest absolute Gasteiger partial charge is 0.479 e. The van der Waals surface area contributed by atoms with E-state index in [1.165, 1.54) is 37.8 Å². The molecule has 0 bridgehead atoms. The molecule has 17 heavy (non-hydrogen) atoms. The van der Waals surface area contributed by atoms with Crippen molar-refractivity contribution in [2.24, 2.45) is 0 Å². The minimum Gasteiger partial charge on any atom is -0.479 e. The Morgan fingerprint density at radius 2 is 2.18 bits per heavy atom. The number of hydrogen-bond acceptors (Lipinski definition) is 3. The van der Waals surface area contributed by atoms with Gasteiger partial charge in [0.05, 0.1) is 0 Å². The third-order valence-corrected chi connectivity index (χ3v) is 2.69. The maximum atomic E-state index is 13.7. The number of aromatic nitrogens is 3. The van der Waals surface area contributed by atoms with E-state index in [4.69, 9.17) is 0 Å². The van der Waals surface area contributed by atoms with Gasteiger partial charge in [-0.2, -0.15) is 5.10 Å². The molecule has 0 aliphatic carbocycles. The molecule has 0 spiro atoms. The maximum Gasteiger partial charge on any atom is 0.336 e. The maximum absolute atomic E-state index is 13.7. The van der Waals surface area contributed by atoms with E-state index in [1.54, 1.807) is 6.07 Å². The van der Waals surface area contributed by atoms with Crippen LogP contribution in [0.5, 0.6) is 0 Å². The fourth-order valence-corrected chi connectivity index (χ4v) is 1.63. The fraction of sp³-hybridized carbons (Fsp3) is 0.182. The Labute approximate surface area is 96.5 Å². The lowest BCUT2D eigenvalue weighted by molar-refractivity contribution is -0.145. The summed E-state index contributed by atoms with van der Waals surface area (Å²) < 4.78 is 14.8. The van der Waals surface area contributed by atoms with Gasteiger partial charge in [-0.15, -0.1) is 0 Å². The van der Waals surface area contributed by atoms with Crippen LogP contribution >= 0.6 is 0 Å². The van der Waals surface area contributed by atoms with Crippen molar-refractivity contribution in [2.75, 3.05) is 0 Å². The number of hydrogen-bond donors (Lipinski definition) is 1. The van der Waals surface area contributed by atoms with Crippen LogP contribution in [0.15, 0.2) is 36.9 Å². The molecule has 0 saturated carbocycles. The van der Waals surface area contributed by atoms with E-state index in [-0.39, 0.29) is 5.56 Å². The van der Waals surface area contributed by atoms with Crippen LogP contribution in [0.25, 0.3) is 0 Å². The van der Waals surface area contributed by atoms with Crippen molar-refractivity contribution in [1.82, 2.24) is 14.8 Å². The Bertz CT molecular complexity index is 541. The van der Waals surface area contributed by atoms with Crippen molar-refractivity contribution in [3.8, 4) is 0 Å². The van der Waals surface area contributed by atoms with Crippen LogP contribution in [-0.4, -0.2) is 25.8 Å². The van der Waals surface area contributed by atoms with Gasteiger partial charge in [0.1, 0.15) is 18.5 Å². The quantitative estimate of drug-likeness (QED) is 0.869. The number of rotatable bonds is 3. The predicted molar refractivity (Wildman–Crippen MR) is 56.8 cm³/mol.